The van der Waals surface area contributed by atoms with Crippen molar-refractivity contribution in [2.45, 2.75) is 0 Å². The maximum Gasteiger partial charge on any atom is 0.0595 e. The number of anilines is 2. The van der Waals surface area contributed by atoms with E-state index in [-0.39, 0.29) is 0 Å². The van der Waals surface area contributed by atoms with Crippen LogP contribution >= 0.6 is 15.9 Å². The summed E-state index contributed by atoms with van der Waals surface area (Å²) in [6, 6.07) is 5.86. The van der Waals surface area contributed by atoms with Gasteiger partial charge < -0.3 is 10.6 Å². The summed E-state index contributed by atoms with van der Waals surface area (Å²) in [6.07, 6.45) is 0. The maximum atomic E-state index is 5.75. The fourth-order valence-corrected chi connectivity index (χ4v) is 1.31. The Labute approximate surface area is 75.1 Å². The summed E-state index contributed by atoms with van der Waals surface area (Å²) < 4.78 is 1.01. The van der Waals surface area contributed by atoms with Gasteiger partial charge in [0.2, 0.25) is 0 Å². The number of nitrogens with zero attached hydrogens (tertiary/aromatic N) is 1. The van der Waals surface area contributed by atoms with Gasteiger partial charge in [-0.05, 0) is 18.2 Å². The van der Waals surface area contributed by atoms with E-state index >= 15 is 0 Å². The Balaban J connectivity index is 3.09. The molecule has 1 aromatic carbocycles. The number of nitrogen functional groups attached to an aromatic ring is 1. The van der Waals surface area contributed by atoms with Gasteiger partial charge in [-0.3, -0.25) is 0 Å². The van der Waals surface area contributed by atoms with Crippen molar-refractivity contribution in [2.75, 3.05) is 24.7 Å². The van der Waals surface area contributed by atoms with Crippen molar-refractivity contribution in [1.82, 2.24) is 0 Å². The van der Waals surface area contributed by atoms with Crippen molar-refractivity contribution in [3.05, 3.63) is 22.7 Å². The van der Waals surface area contributed by atoms with Crippen LogP contribution in [0, 0.1) is 0 Å². The summed E-state index contributed by atoms with van der Waals surface area (Å²) >= 11 is 3.35. The largest absolute Gasteiger partial charge is 0.397 e. The highest BCUT2D eigenvalue weighted by Crippen LogP contribution is 2.24. The standard InChI is InChI=1S/C8H11BrN2/c1-11(2)8-4-3-6(9)5-7(8)10/h3-5H,10H2,1-2H3. The van der Waals surface area contributed by atoms with Crippen molar-refractivity contribution >= 4 is 27.3 Å². The molecule has 0 spiro atoms. The molecule has 0 bridgehead atoms. The number of benzene rings is 1. The Morgan fingerprint density at radius 1 is 1.36 bits per heavy atom. The molecule has 0 atom stereocenters. The fourth-order valence-electron chi connectivity index (χ4n) is 0.933. The third-order valence-electron chi connectivity index (χ3n) is 1.47. The molecule has 0 aliphatic rings. The van der Waals surface area contributed by atoms with Crippen molar-refractivity contribution < 1.29 is 0 Å². The second kappa shape index (κ2) is 3.13. The van der Waals surface area contributed by atoms with Gasteiger partial charge in [0.1, 0.15) is 0 Å². The van der Waals surface area contributed by atoms with Crippen molar-refractivity contribution in [3.8, 4) is 0 Å². The molecule has 0 radical (unpaired) electrons. The van der Waals surface area contributed by atoms with Crippen LogP contribution < -0.4 is 10.6 Å². The first-order chi connectivity index (χ1) is 5.11. The first-order valence-corrected chi connectivity index (χ1v) is 4.13. The van der Waals surface area contributed by atoms with Gasteiger partial charge in [-0.1, -0.05) is 15.9 Å². The average molecular weight is 215 g/mol. The van der Waals surface area contributed by atoms with Crippen LogP contribution in [0.15, 0.2) is 22.7 Å². The van der Waals surface area contributed by atoms with Crippen LogP contribution in [0.1, 0.15) is 0 Å². The van der Waals surface area contributed by atoms with E-state index in [1.54, 1.807) is 0 Å². The first-order valence-electron chi connectivity index (χ1n) is 3.33. The number of nitrogens with two attached hydrogens (primary N) is 1. The molecular formula is C8H11BrN2. The average Bonchev–Trinajstić information content (AvgIpc) is 1.85. The Morgan fingerprint density at radius 2 is 2.00 bits per heavy atom. The topological polar surface area (TPSA) is 29.3 Å². The van der Waals surface area contributed by atoms with Crippen LogP contribution in [-0.4, -0.2) is 14.1 Å². The van der Waals surface area contributed by atoms with Gasteiger partial charge in [0, 0.05) is 18.6 Å². The number of rotatable bonds is 1. The molecule has 0 aromatic heterocycles. The molecule has 3 heteroatoms. The minimum absolute atomic E-state index is 0.796. The number of hydrogen-bond acceptors (Lipinski definition) is 2. The molecule has 0 aliphatic carbocycles. The second-order valence-electron chi connectivity index (χ2n) is 2.60. The predicted octanol–water partition coefficient (Wildman–Crippen LogP) is 2.10. The van der Waals surface area contributed by atoms with Crippen LogP contribution in [0.3, 0.4) is 0 Å². The van der Waals surface area contributed by atoms with Crippen LogP contribution in [0.25, 0.3) is 0 Å². The molecule has 2 nitrogen and oxygen atoms in total. The summed E-state index contributed by atoms with van der Waals surface area (Å²) in [4.78, 5) is 1.99. The number of hydrogen-bond donors (Lipinski definition) is 1. The van der Waals surface area contributed by atoms with E-state index < -0.39 is 0 Å². The van der Waals surface area contributed by atoms with Gasteiger partial charge in [0.25, 0.3) is 0 Å². The molecule has 0 fully saturated rings. The normalized spacial score (nSPS) is 9.73. The Morgan fingerprint density at radius 3 is 2.45 bits per heavy atom. The molecule has 11 heavy (non-hydrogen) atoms. The van der Waals surface area contributed by atoms with Crippen molar-refractivity contribution in [2.24, 2.45) is 0 Å². The lowest BCUT2D eigenvalue weighted by molar-refractivity contribution is 1.13. The second-order valence-corrected chi connectivity index (χ2v) is 3.51. The highest BCUT2D eigenvalue weighted by atomic mass is 79.9. The maximum absolute atomic E-state index is 5.75. The smallest absolute Gasteiger partial charge is 0.0595 e. The lowest BCUT2D eigenvalue weighted by atomic mass is 10.2. The predicted molar refractivity (Wildman–Crippen MR) is 52.9 cm³/mol. The first kappa shape index (κ1) is 8.40. The quantitative estimate of drug-likeness (QED) is 0.727. The minimum atomic E-state index is 0.796. The van der Waals surface area contributed by atoms with Crippen molar-refractivity contribution in [3.63, 3.8) is 0 Å². The fraction of sp³-hybridized carbons (Fsp3) is 0.250. The van der Waals surface area contributed by atoms with Crippen LogP contribution in [0.4, 0.5) is 11.4 Å². The van der Waals surface area contributed by atoms with Gasteiger partial charge in [-0.15, -0.1) is 0 Å². The lowest BCUT2D eigenvalue weighted by Gasteiger charge is -2.14. The van der Waals surface area contributed by atoms with Gasteiger partial charge in [0.15, 0.2) is 0 Å². The van der Waals surface area contributed by atoms with Gasteiger partial charge in [-0.2, -0.15) is 0 Å². The molecular weight excluding hydrogens is 204 g/mol. The van der Waals surface area contributed by atoms with E-state index in [9.17, 15) is 0 Å². The van der Waals surface area contributed by atoms with E-state index in [0.717, 1.165) is 15.8 Å². The number of halogens is 1. The van der Waals surface area contributed by atoms with Gasteiger partial charge in [-0.25, -0.2) is 0 Å². The molecule has 1 aromatic rings. The van der Waals surface area contributed by atoms with Crippen LogP contribution in [0.5, 0.6) is 0 Å². The lowest BCUT2D eigenvalue weighted by Crippen LogP contribution is -2.10. The Hall–Kier alpha value is -0.700. The zero-order valence-corrected chi connectivity index (χ0v) is 8.22. The van der Waals surface area contributed by atoms with Crippen molar-refractivity contribution in [1.29, 1.82) is 0 Å². The highest BCUT2D eigenvalue weighted by Gasteiger charge is 1.99. The van der Waals surface area contributed by atoms with E-state index in [0.29, 0.717) is 0 Å². The molecule has 0 heterocycles. The zero-order valence-electron chi connectivity index (χ0n) is 6.63. The molecule has 0 saturated heterocycles. The van der Waals surface area contributed by atoms with E-state index in [4.69, 9.17) is 5.73 Å². The van der Waals surface area contributed by atoms with Crippen LogP contribution in [-0.2, 0) is 0 Å². The highest BCUT2D eigenvalue weighted by molar-refractivity contribution is 9.10. The third-order valence-corrected chi connectivity index (χ3v) is 1.96. The zero-order chi connectivity index (χ0) is 8.43. The van der Waals surface area contributed by atoms with Gasteiger partial charge in [0.05, 0.1) is 11.4 Å². The molecule has 0 unspecified atom stereocenters. The third kappa shape index (κ3) is 1.87. The summed E-state index contributed by atoms with van der Waals surface area (Å²) in [7, 11) is 3.94. The summed E-state index contributed by atoms with van der Waals surface area (Å²) in [5.74, 6) is 0. The Bertz CT molecular complexity index is 258. The van der Waals surface area contributed by atoms with Gasteiger partial charge >= 0.3 is 0 Å². The van der Waals surface area contributed by atoms with E-state index in [1.807, 2.05) is 37.2 Å². The van der Waals surface area contributed by atoms with E-state index in [2.05, 4.69) is 15.9 Å². The molecule has 0 amide bonds. The molecule has 0 saturated carbocycles. The molecule has 2 N–H and O–H groups in total. The molecule has 0 aliphatic heterocycles. The molecule has 1 rings (SSSR count). The minimum Gasteiger partial charge on any atom is -0.397 e. The SMILES string of the molecule is CN(C)c1ccc(Br)cc1N. The van der Waals surface area contributed by atoms with Crippen LogP contribution in [0.2, 0.25) is 0 Å². The molecule has 60 valence electrons. The van der Waals surface area contributed by atoms with E-state index in [1.165, 1.54) is 0 Å². The summed E-state index contributed by atoms with van der Waals surface area (Å²) in [6.45, 7) is 0. The Kier molecular flexibility index (Phi) is 2.39. The summed E-state index contributed by atoms with van der Waals surface area (Å²) in [5.41, 5.74) is 7.60. The summed E-state index contributed by atoms with van der Waals surface area (Å²) in [5, 5.41) is 0. The monoisotopic (exact) mass is 214 g/mol.